The quantitative estimate of drug-likeness (QED) is 0.312. The molecule has 1 N–H and O–H groups in total. The maximum atomic E-state index is 13.9. The van der Waals surface area contributed by atoms with E-state index in [9.17, 15) is 4.79 Å². The van der Waals surface area contributed by atoms with Gasteiger partial charge < -0.3 is 15.0 Å². The summed E-state index contributed by atoms with van der Waals surface area (Å²) in [5.74, 6) is 3.80. The Labute approximate surface area is 211 Å². The lowest BCUT2D eigenvalue weighted by Gasteiger charge is -2.39. The first-order valence-corrected chi connectivity index (χ1v) is 13.1. The largest absolute Gasteiger partial charge is 0.480 e. The SMILES string of the molecule is C#CCOc1ccc2ccccc2c1/C=C1\SC(Nc2ccccc2)N([C@@H]2CCCC[C@@H]2C)C1=O. The summed E-state index contributed by atoms with van der Waals surface area (Å²) in [4.78, 5) is 16.7. The van der Waals surface area contributed by atoms with Gasteiger partial charge in [-0.05, 0) is 53.8 Å². The van der Waals surface area contributed by atoms with E-state index in [1.165, 1.54) is 6.42 Å². The molecule has 5 rings (SSSR count). The van der Waals surface area contributed by atoms with Crippen molar-refractivity contribution in [1.82, 2.24) is 4.90 Å². The van der Waals surface area contributed by atoms with E-state index < -0.39 is 0 Å². The third-order valence-corrected chi connectivity index (χ3v) is 8.06. The predicted octanol–water partition coefficient (Wildman–Crippen LogP) is 6.74. The molecule has 3 atom stereocenters. The van der Waals surface area contributed by atoms with Gasteiger partial charge in [0.05, 0.1) is 4.91 Å². The summed E-state index contributed by atoms with van der Waals surface area (Å²) in [6.45, 7) is 2.46. The topological polar surface area (TPSA) is 41.6 Å². The molecule has 1 heterocycles. The van der Waals surface area contributed by atoms with Crippen molar-refractivity contribution >= 4 is 40.2 Å². The standard InChI is InChI=1S/C30H30N2O2S/c1-3-19-34-27-18-17-22-12-8-9-15-24(22)25(27)20-28-29(33)32(26-16-10-7-11-21(26)2)30(35-28)31-23-13-5-4-6-14-23/h1,4-6,8-9,12-15,17-18,20-21,26,30-31H,7,10-11,16,19H2,2H3/b28-20-/t21-,26+,30?/m0/s1. The number of carbonyl (C=O) groups is 1. The van der Waals surface area contributed by atoms with Gasteiger partial charge in [0, 0.05) is 17.3 Å². The summed E-state index contributed by atoms with van der Waals surface area (Å²) in [7, 11) is 0. The number of anilines is 1. The molecule has 2 aliphatic rings. The van der Waals surface area contributed by atoms with Crippen LogP contribution >= 0.6 is 11.8 Å². The van der Waals surface area contributed by atoms with Gasteiger partial charge in [-0.1, -0.05) is 86.0 Å². The second-order valence-corrected chi connectivity index (χ2v) is 10.3. The van der Waals surface area contributed by atoms with Gasteiger partial charge in [0.25, 0.3) is 5.91 Å². The lowest BCUT2D eigenvalue weighted by Crippen LogP contribution is -2.48. The molecule has 0 bridgehead atoms. The van der Waals surface area contributed by atoms with E-state index in [1.807, 2.05) is 60.7 Å². The molecular weight excluding hydrogens is 452 g/mol. The number of fused-ring (bicyclic) bond motifs is 1. The van der Waals surface area contributed by atoms with E-state index in [1.54, 1.807) is 11.8 Å². The van der Waals surface area contributed by atoms with Gasteiger partial charge in [-0.15, -0.1) is 6.42 Å². The minimum Gasteiger partial charge on any atom is -0.480 e. The molecule has 1 aliphatic heterocycles. The van der Waals surface area contributed by atoms with Crippen LogP contribution in [-0.4, -0.2) is 29.0 Å². The number of hydrogen-bond donors (Lipinski definition) is 1. The Morgan fingerprint density at radius 2 is 1.86 bits per heavy atom. The number of nitrogens with one attached hydrogen (secondary N) is 1. The van der Waals surface area contributed by atoms with Crippen molar-refractivity contribution in [2.24, 2.45) is 5.92 Å². The minimum absolute atomic E-state index is 0.0815. The number of amides is 1. The number of para-hydroxylation sites is 1. The third-order valence-electron chi connectivity index (χ3n) is 6.94. The minimum atomic E-state index is -0.160. The fraction of sp³-hybridized carbons (Fsp3) is 0.300. The molecular formula is C30H30N2O2S. The molecule has 1 aliphatic carbocycles. The fourth-order valence-corrected chi connectivity index (χ4v) is 6.36. The smallest absolute Gasteiger partial charge is 0.262 e. The molecule has 3 aromatic rings. The monoisotopic (exact) mass is 482 g/mol. The molecule has 2 fully saturated rings. The molecule has 5 heteroatoms. The molecule has 1 saturated carbocycles. The van der Waals surface area contributed by atoms with Crippen LogP contribution < -0.4 is 10.1 Å². The first-order valence-electron chi connectivity index (χ1n) is 12.3. The maximum absolute atomic E-state index is 13.9. The molecule has 1 saturated heterocycles. The normalized spacial score (nSPS) is 23.4. The Balaban J connectivity index is 1.56. The molecule has 35 heavy (non-hydrogen) atoms. The van der Waals surface area contributed by atoms with Crippen LogP contribution in [0.5, 0.6) is 5.75 Å². The number of carbonyl (C=O) groups excluding carboxylic acids is 1. The second kappa shape index (κ2) is 10.5. The third kappa shape index (κ3) is 4.90. The highest BCUT2D eigenvalue weighted by Crippen LogP contribution is 2.43. The van der Waals surface area contributed by atoms with Crippen LogP contribution in [0.3, 0.4) is 0 Å². The van der Waals surface area contributed by atoms with Crippen LogP contribution in [-0.2, 0) is 4.79 Å². The lowest BCUT2D eigenvalue weighted by atomic mass is 9.85. The highest BCUT2D eigenvalue weighted by Gasteiger charge is 2.43. The van der Waals surface area contributed by atoms with Crippen molar-refractivity contribution < 1.29 is 9.53 Å². The number of nitrogens with zero attached hydrogens (tertiary/aromatic N) is 1. The zero-order valence-electron chi connectivity index (χ0n) is 19.9. The van der Waals surface area contributed by atoms with Crippen LogP contribution in [0.4, 0.5) is 5.69 Å². The van der Waals surface area contributed by atoms with Gasteiger partial charge >= 0.3 is 0 Å². The lowest BCUT2D eigenvalue weighted by molar-refractivity contribution is -0.129. The van der Waals surface area contributed by atoms with E-state index in [0.717, 1.165) is 46.2 Å². The van der Waals surface area contributed by atoms with Gasteiger partial charge in [-0.25, -0.2) is 0 Å². The van der Waals surface area contributed by atoms with E-state index in [2.05, 4.69) is 35.2 Å². The first kappa shape index (κ1) is 23.4. The van der Waals surface area contributed by atoms with Crippen LogP contribution in [0.2, 0.25) is 0 Å². The van der Waals surface area contributed by atoms with E-state index in [0.29, 0.717) is 11.7 Å². The van der Waals surface area contributed by atoms with Crippen molar-refractivity contribution in [3.8, 4) is 18.1 Å². The number of ether oxygens (including phenoxy) is 1. The summed E-state index contributed by atoms with van der Waals surface area (Å²) in [6.07, 6.45) is 12.1. The summed E-state index contributed by atoms with van der Waals surface area (Å²) in [6, 6.07) is 22.5. The summed E-state index contributed by atoms with van der Waals surface area (Å²) < 4.78 is 5.89. The fourth-order valence-electron chi connectivity index (χ4n) is 5.17. The first-order chi connectivity index (χ1) is 17.2. The summed E-state index contributed by atoms with van der Waals surface area (Å²) in [5.41, 5.74) is 1.74. The Morgan fingerprint density at radius 3 is 2.66 bits per heavy atom. The Bertz CT molecular complexity index is 1280. The van der Waals surface area contributed by atoms with Gasteiger partial charge in [-0.2, -0.15) is 0 Å². The zero-order chi connectivity index (χ0) is 24.2. The summed E-state index contributed by atoms with van der Waals surface area (Å²) in [5, 5.41) is 5.75. The van der Waals surface area contributed by atoms with Crippen LogP contribution in [0.1, 0.15) is 38.2 Å². The van der Waals surface area contributed by atoms with Crippen LogP contribution in [0.25, 0.3) is 16.8 Å². The van der Waals surface area contributed by atoms with Gasteiger partial charge in [-0.3, -0.25) is 4.79 Å². The Hall–Kier alpha value is -3.36. The van der Waals surface area contributed by atoms with Gasteiger partial charge in [0.1, 0.15) is 12.4 Å². The number of terminal acetylenes is 1. The number of rotatable bonds is 6. The second-order valence-electron chi connectivity index (χ2n) is 9.22. The molecule has 0 aromatic heterocycles. The molecule has 4 nitrogen and oxygen atoms in total. The molecule has 0 radical (unpaired) electrons. The highest BCUT2D eigenvalue weighted by atomic mass is 32.2. The van der Waals surface area contributed by atoms with Crippen molar-refractivity contribution in [3.05, 3.63) is 77.2 Å². The maximum Gasteiger partial charge on any atom is 0.262 e. The average molecular weight is 483 g/mol. The number of hydrogen-bond acceptors (Lipinski definition) is 4. The van der Waals surface area contributed by atoms with E-state index in [4.69, 9.17) is 11.2 Å². The summed E-state index contributed by atoms with van der Waals surface area (Å²) >= 11 is 1.58. The molecule has 3 aromatic carbocycles. The number of benzene rings is 3. The van der Waals surface area contributed by atoms with E-state index in [-0.39, 0.29) is 24.1 Å². The van der Waals surface area contributed by atoms with Gasteiger partial charge in [0.15, 0.2) is 5.50 Å². The molecule has 0 spiro atoms. The Kier molecular flexibility index (Phi) is 7.01. The van der Waals surface area contributed by atoms with Crippen LogP contribution in [0, 0.1) is 18.3 Å². The van der Waals surface area contributed by atoms with Crippen LogP contribution in [0.15, 0.2) is 71.6 Å². The Morgan fingerprint density at radius 1 is 1.09 bits per heavy atom. The average Bonchev–Trinajstić information content (AvgIpc) is 3.18. The highest BCUT2D eigenvalue weighted by molar-refractivity contribution is 8.05. The van der Waals surface area contributed by atoms with E-state index >= 15 is 0 Å². The molecule has 1 amide bonds. The van der Waals surface area contributed by atoms with Crippen molar-refractivity contribution in [1.29, 1.82) is 0 Å². The predicted molar refractivity (Wildman–Crippen MR) is 146 cm³/mol. The number of thioether (sulfide) groups is 1. The van der Waals surface area contributed by atoms with Gasteiger partial charge in [0.2, 0.25) is 0 Å². The van der Waals surface area contributed by atoms with Crippen molar-refractivity contribution in [2.45, 2.75) is 44.1 Å². The molecule has 1 unspecified atom stereocenters. The molecule has 178 valence electrons. The van der Waals surface area contributed by atoms with Crippen molar-refractivity contribution in [3.63, 3.8) is 0 Å². The van der Waals surface area contributed by atoms with Crippen molar-refractivity contribution in [2.75, 3.05) is 11.9 Å². The zero-order valence-corrected chi connectivity index (χ0v) is 20.8.